The Hall–Kier alpha value is -1.36. The van der Waals surface area contributed by atoms with Gasteiger partial charge in [-0.05, 0) is 20.3 Å². The number of rotatable bonds is 4. The van der Waals surface area contributed by atoms with Gasteiger partial charge in [0.15, 0.2) is 5.13 Å². The lowest BCUT2D eigenvalue weighted by Crippen LogP contribution is -1.99. The molecule has 2 rings (SSSR count). The van der Waals surface area contributed by atoms with Gasteiger partial charge in [-0.1, -0.05) is 6.92 Å². The SMILES string of the molecule is CCc1csc(Nc2cnn(C(C)C)c2)n1. The molecule has 0 bridgehead atoms. The van der Waals surface area contributed by atoms with Crippen LogP contribution < -0.4 is 5.32 Å². The smallest absolute Gasteiger partial charge is 0.187 e. The van der Waals surface area contributed by atoms with Crippen molar-refractivity contribution in [2.45, 2.75) is 33.2 Å². The van der Waals surface area contributed by atoms with Gasteiger partial charge in [-0.2, -0.15) is 5.10 Å². The highest BCUT2D eigenvalue weighted by Crippen LogP contribution is 2.21. The van der Waals surface area contributed by atoms with E-state index in [0.29, 0.717) is 6.04 Å². The zero-order chi connectivity index (χ0) is 11.5. The van der Waals surface area contributed by atoms with Crippen LogP contribution >= 0.6 is 11.3 Å². The molecule has 2 heterocycles. The quantitative estimate of drug-likeness (QED) is 0.886. The average Bonchev–Trinajstić information content (AvgIpc) is 2.87. The lowest BCUT2D eigenvalue weighted by molar-refractivity contribution is 0.532. The van der Waals surface area contributed by atoms with E-state index in [1.165, 1.54) is 0 Å². The molecule has 2 aromatic heterocycles. The summed E-state index contributed by atoms with van der Waals surface area (Å²) in [5.41, 5.74) is 2.12. The molecule has 4 nitrogen and oxygen atoms in total. The topological polar surface area (TPSA) is 42.7 Å². The summed E-state index contributed by atoms with van der Waals surface area (Å²) in [7, 11) is 0. The average molecular weight is 236 g/mol. The summed E-state index contributed by atoms with van der Waals surface area (Å²) < 4.78 is 1.93. The lowest BCUT2D eigenvalue weighted by Gasteiger charge is -2.03. The van der Waals surface area contributed by atoms with E-state index < -0.39 is 0 Å². The molecule has 1 N–H and O–H groups in total. The number of aromatic nitrogens is 3. The van der Waals surface area contributed by atoms with Crippen molar-refractivity contribution in [3.05, 3.63) is 23.5 Å². The molecule has 5 heteroatoms. The zero-order valence-corrected chi connectivity index (χ0v) is 10.6. The molecule has 0 spiro atoms. The van der Waals surface area contributed by atoms with Crippen LogP contribution in [0.2, 0.25) is 0 Å². The molecule has 0 unspecified atom stereocenters. The van der Waals surface area contributed by atoms with Crippen molar-refractivity contribution >= 4 is 22.2 Å². The van der Waals surface area contributed by atoms with Crippen molar-refractivity contribution in [1.29, 1.82) is 0 Å². The molecular weight excluding hydrogens is 220 g/mol. The van der Waals surface area contributed by atoms with E-state index in [1.807, 2.05) is 17.1 Å². The van der Waals surface area contributed by atoms with E-state index in [4.69, 9.17) is 0 Å². The first-order valence-electron chi connectivity index (χ1n) is 5.44. The third-order valence-corrected chi connectivity index (χ3v) is 3.10. The maximum absolute atomic E-state index is 4.45. The maximum Gasteiger partial charge on any atom is 0.187 e. The maximum atomic E-state index is 4.45. The highest BCUT2D eigenvalue weighted by atomic mass is 32.1. The molecule has 0 aliphatic heterocycles. The fraction of sp³-hybridized carbons (Fsp3) is 0.455. The van der Waals surface area contributed by atoms with Crippen LogP contribution in [0.3, 0.4) is 0 Å². The molecule has 0 amide bonds. The van der Waals surface area contributed by atoms with Gasteiger partial charge in [0.25, 0.3) is 0 Å². The second-order valence-corrected chi connectivity index (χ2v) is 4.78. The number of hydrogen-bond donors (Lipinski definition) is 1. The summed E-state index contributed by atoms with van der Waals surface area (Å²) in [6.07, 6.45) is 4.80. The van der Waals surface area contributed by atoms with Crippen molar-refractivity contribution in [2.24, 2.45) is 0 Å². The standard InChI is InChI=1S/C11H16N4S/c1-4-9-7-16-11(13-9)14-10-5-12-15(6-10)8(2)3/h5-8H,4H2,1-3H3,(H,13,14). The van der Waals surface area contributed by atoms with Crippen molar-refractivity contribution in [3.8, 4) is 0 Å². The number of nitrogens with zero attached hydrogens (tertiary/aromatic N) is 3. The Kier molecular flexibility index (Phi) is 3.24. The summed E-state index contributed by atoms with van der Waals surface area (Å²) in [5.74, 6) is 0. The Bertz CT molecular complexity index is 458. The summed E-state index contributed by atoms with van der Waals surface area (Å²) in [6, 6.07) is 0.387. The van der Waals surface area contributed by atoms with E-state index in [9.17, 15) is 0 Å². The molecule has 0 atom stereocenters. The van der Waals surface area contributed by atoms with Gasteiger partial charge >= 0.3 is 0 Å². The van der Waals surface area contributed by atoms with Gasteiger partial charge in [0.2, 0.25) is 0 Å². The number of hydrogen-bond acceptors (Lipinski definition) is 4. The van der Waals surface area contributed by atoms with E-state index in [1.54, 1.807) is 11.3 Å². The Morgan fingerprint density at radius 1 is 1.50 bits per heavy atom. The molecule has 0 radical (unpaired) electrons. The molecule has 0 aliphatic carbocycles. The monoisotopic (exact) mass is 236 g/mol. The Labute approximate surface area is 99.3 Å². The highest BCUT2D eigenvalue weighted by molar-refractivity contribution is 7.13. The molecule has 16 heavy (non-hydrogen) atoms. The first-order valence-corrected chi connectivity index (χ1v) is 6.32. The molecule has 0 saturated carbocycles. The van der Waals surface area contributed by atoms with Gasteiger partial charge in [0, 0.05) is 17.6 Å². The number of thiazole rings is 1. The van der Waals surface area contributed by atoms with Gasteiger partial charge < -0.3 is 5.32 Å². The van der Waals surface area contributed by atoms with Crippen LogP contribution in [0.15, 0.2) is 17.8 Å². The van der Waals surface area contributed by atoms with Crippen molar-refractivity contribution in [2.75, 3.05) is 5.32 Å². The van der Waals surface area contributed by atoms with Crippen molar-refractivity contribution in [3.63, 3.8) is 0 Å². The largest absolute Gasteiger partial charge is 0.329 e. The predicted octanol–water partition coefficient (Wildman–Crippen LogP) is 3.23. The minimum absolute atomic E-state index is 0.387. The van der Waals surface area contributed by atoms with Crippen LogP contribution in [-0.2, 0) is 6.42 Å². The van der Waals surface area contributed by atoms with Gasteiger partial charge in [-0.3, -0.25) is 4.68 Å². The van der Waals surface area contributed by atoms with E-state index in [2.05, 4.69) is 41.6 Å². The third kappa shape index (κ3) is 2.41. The van der Waals surface area contributed by atoms with Crippen LogP contribution in [0.5, 0.6) is 0 Å². The van der Waals surface area contributed by atoms with Crippen LogP contribution in [0.25, 0.3) is 0 Å². The predicted molar refractivity (Wildman–Crippen MR) is 67.4 cm³/mol. The number of aryl methyl sites for hydroxylation is 1. The van der Waals surface area contributed by atoms with E-state index >= 15 is 0 Å². The van der Waals surface area contributed by atoms with Gasteiger partial charge in [0.1, 0.15) is 0 Å². The minimum atomic E-state index is 0.387. The zero-order valence-electron chi connectivity index (χ0n) is 9.77. The Balaban J connectivity index is 2.08. The van der Waals surface area contributed by atoms with E-state index in [0.717, 1.165) is 22.9 Å². The molecule has 0 aromatic carbocycles. The van der Waals surface area contributed by atoms with Gasteiger partial charge in [0.05, 0.1) is 17.6 Å². The third-order valence-electron chi connectivity index (χ3n) is 2.30. The van der Waals surface area contributed by atoms with Crippen LogP contribution in [-0.4, -0.2) is 14.8 Å². The summed E-state index contributed by atoms with van der Waals surface area (Å²) in [4.78, 5) is 4.45. The van der Waals surface area contributed by atoms with Crippen LogP contribution in [0.4, 0.5) is 10.8 Å². The highest BCUT2D eigenvalue weighted by Gasteiger charge is 2.04. The summed E-state index contributed by atoms with van der Waals surface area (Å²) in [5, 5.41) is 10.5. The first kappa shape index (κ1) is 11.1. The molecule has 86 valence electrons. The molecule has 2 aromatic rings. The molecular formula is C11H16N4S. The molecule has 0 aliphatic rings. The normalized spacial score (nSPS) is 11.0. The van der Waals surface area contributed by atoms with Gasteiger partial charge in [-0.25, -0.2) is 4.98 Å². The van der Waals surface area contributed by atoms with Crippen LogP contribution in [0.1, 0.15) is 32.5 Å². The molecule has 0 fully saturated rings. The van der Waals surface area contributed by atoms with Crippen LogP contribution in [0, 0.1) is 0 Å². The fourth-order valence-electron chi connectivity index (χ4n) is 1.34. The number of nitrogens with one attached hydrogen (secondary N) is 1. The second kappa shape index (κ2) is 4.65. The second-order valence-electron chi connectivity index (χ2n) is 3.93. The fourth-order valence-corrected chi connectivity index (χ4v) is 2.15. The Morgan fingerprint density at radius 3 is 2.88 bits per heavy atom. The summed E-state index contributed by atoms with van der Waals surface area (Å²) in [6.45, 7) is 6.32. The first-order chi connectivity index (χ1) is 7.69. The van der Waals surface area contributed by atoms with Gasteiger partial charge in [-0.15, -0.1) is 11.3 Å². The minimum Gasteiger partial charge on any atom is -0.329 e. The number of anilines is 2. The molecule has 0 saturated heterocycles. The van der Waals surface area contributed by atoms with Crippen molar-refractivity contribution in [1.82, 2.24) is 14.8 Å². The van der Waals surface area contributed by atoms with E-state index in [-0.39, 0.29) is 0 Å². The van der Waals surface area contributed by atoms with Crippen molar-refractivity contribution < 1.29 is 0 Å². The Morgan fingerprint density at radius 2 is 2.31 bits per heavy atom. The summed E-state index contributed by atoms with van der Waals surface area (Å²) >= 11 is 1.63. The lowest BCUT2D eigenvalue weighted by atomic mass is 10.4.